The fourth-order valence-electron chi connectivity index (χ4n) is 3.09. The number of rotatable bonds is 3. The molecule has 1 heterocycles. The normalized spacial score (nSPS) is 17.0. The summed E-state index contributed by atoms with van der Waals surface area (Å²) in [4.78, 5) is 13.5. The lowest BCUT2D eigenvalue weighted by Crippen LogP contribution is -2.16. The lowest BCUT2D eigenvalue weighted by molar-refractivity contribution is 0.0600. The Bertz CT molecular complexity index is 674. The molecule has 0 radical (unpaired) electrons. The highest BCUT2D eigenvalue weighted by atomic mass is 16.5. The summed E-state index contributed by atoms with van der Waals surface area (Å²) in [7, 11) is 5.32. The van der Waals surface area contributed by atoms with Crippen molar-refractivity contribution in [3.05, 3.63) is 46.6 Å². The molecular weight excluding hydrogens is 280 g/mol. The van der Waals surface area contributed by atoms with Crippen LogP contribution in [0, 0.1) is 0 Å². The summed E-state index contributed by atoms with van der Waals surface area (Å²) in [5, 5.41) is 4.22. The molecule has 1 aliphatic rings. The first kappa shape index (κ1) is 14.6. The molecule has 1 aromatic heterocycles. The minimum atomic E-state index is -0.310. The van der Waals surface area contributed by atoms with Gasteiger partial charge in [0.25, 0.3) is 0 Å². The van der Waals surface area contributed by atoms with Crippen LogP contribution in [-0.2, 0) is 11.2 Å². The Labute approximate surface area is 129 Å². The lowest BCUT2D eigenvalue weighted by Gasteiger charge is -2.24. The zero-order valence-corrected chi connectivity index (χ0v) is 13.1. The number of methoxy groups -OCH3 is 1. The number of benzene rings is 1. The Kier molecular flexibility index (Phi) is 3.88. The molecule has 0 aliphatic heterocycles. The predicted octanol–water partition coefficient (Wildman–Crippen LogP) is 3.00. The van der Waals surface area contributed by atoms with Crippen LogP contribution >= 0.6 is 0 Å². The van der Waals surface area contributed by atoms with E-state index in [9.17, 15) is 4.79 Å². The van der Waals surface area contributed by atoms with Gasteiger partial charge in [-0.05, 0) is 37.0 Å². The molecule has 2 aromatic rings. The van der Waals surface area contributed by atoms with Crippen molar-refractivity contribution in [2.75, 3.05) is 26.1 Å². The van der Waals surface area contributed by atoms with Crippen LogP contribution < -0.4 is 4.90 Å². The molecule has 116 valence electrons. The van der Waals surface area contributed by atoms with Gasteiger partial charge in [-0.1, -0.05) is 17.3 Å². The van der Waals surface area contributed by atoms with E-state index in [1.165, 1.54) is 18.2 Å². The van der Waals surface area contributed by atoms with Crippen LogP contribution in [0.25, 0.3) is 0 Å². The molecule has 0 bridgehead atoms. The second-order valence-electron chi connectivity index (χ2n) is 5.80. The Balaban J connectivity index is 1.97. The number of nitrogens with zero attached hydrogens (tertiary/aromatic N) is 2. The monoisotopic (exact) mass is 300 g/mol. The molecule has 1 aliphatic carbocycles. The topological polar surface area (TPSA) is 55.6 Å². The van der Waals surface area contributed by atoms with E-state index in [0.29, 0.717) is 5.56 Å². The molecule has 3 rings (SSSR count). The van der Waals surface area contributed by atoms with E-state index < -0.39 is 0 Å². The molecule has 0 N–H and O–H groups in total. The number of aryl methyl sites for hydroxylation is 1. The van der Waals surface area contributed by atoms with E-state index in [1.807, 2.05) is 43.3 Å². The first-order chi connectivity index (χ1) is 10.6. The third-order valence-electron chi connectivity index (χ3n) is 4.18. The summed E-state index contributed by atoms with van der Waals surface area (Å²) >= 11 is 0. The van der Waals surface area contributed by atoms with E-state index in [2.05, 4.69) is 5.16 Å². The standard InChI is InChI=1S/C17H20N2O3/c1-19(2)16-15-13(5-4-6-14(15)18-22-16)11-7-9-12(10-8-11)17(20)21-3/h7-10,13H,4-6H2,1-3H3. The summed E-state index contributed by atoms with van der Waals surface area (Å²) in [6.45, 7) is 0. The molecule has 0 saturated heterocycles. The number of ether oxygens (including phenoxy) is 1. The molecule has 0 fully saturated rings. The van der Waals surface area contributed by atoms with Gasteiger partial charge in [-0.2, -0.15) is 0 Å². The van der Waals surface area contributed by atoms with E-state index in [0.717, 1.165) is 30.8 Å². The molecule has 22 heavy (non-hydrogen) atoms. The van der Waals surface area contributed by atoms with Gasteiger partial charge in [-0.25, -0.2) is 4.79 Å². The van der Waals surface area contributed by atoms with Crippen molar-refractivity contribution in [1.29, 1.82) is 0 Å². The Morgan fingerprint density at radius 3 is 2.68 bits per heavy atom. The highest BCUT2D eigenvalue weighted by Gasteiger charge is 2.30. The second kappa shape index (κ2) is 5.83. The maximum Gasteiger partial charge on any atom is 0.337 e. The van der Waals surface area contributed by atoms with Crippen molar-refractivity contribution < 1.29 is 14.1 Å². The molecule has 0 spiro atoms. The molecule has 1 unspecified atom stereocenters. The maximum atomic E-state index is 11.5. The number of carbonyl (C=O) groups is 1. The van der Waals surface area contributed by atoms with Gasteiger partial charge in [-0.15, -0.1) is 0 Å². The van der Waals surface area contributed by atoms with Gasteiger partial charge in [0.1, 0.15) is 0 Å². The third-order valence-corrected chi connectivity index (χ3v) is 4.18. The Hall–Kier alpha value is -2.30. The van der Waals surface area contributed by atoms with Crippen molar-refractivity contribution >= 4 is 11.9 Å². The van der Waals surface area contributed by atoms with Crippen LogP contribution in [0.2, 0.25) is 0 Å². The first-order valence-electron chi connectivity index (χ1n) is 7.46. The van der Waals surface area contributed by atoms with E-state index >= 15 is 0 Å². The van der Waals surface area contributed by atoms with Crippen molar-refractivity contribution in [3.8, 4) is 0 Å². The number of aromatic nitrogens is 1. The van der Waals surface area contributed by atoms with E-state index in [-0.39, 0.29) is 11.9 Å². The molecule has 5 heteroatoms. The predicted molar refractivity (Wildman–Crippen MR) is 83.4 cm³/mol. The molecule has 5 nitrogen and oxygen atoms in total. The van der Waals surface area contributed by atoms with Gasteiger partial charge in [0.05, 0.1) is 18.4 Å². The summed E-state index contributed by atoms with van der Waals surface area (Å²) < 4.78 is 10.3. The number of hydrogen-bond donors (Lipinski definition) is 0. The minimum absolute atomic E-state index is 0.263. The van der Waals surface area contributed by atoms with Crippen LogP contribution in [-0.4, -0.2) is 32.3 Å². The number of esters is 1. The highest BCUT2D eigenvalue weighted by Crippen LogP contribution is 2.41. The molecular formula is C17H20N2O3. The van der Waals surface area contributed by atoms with Gasteiger partial charge in [-0.3, -0.25) is 0 Å². The quantitative estimate of drug-likeness (QED) is 0.816. The summed E-state index contributed by atoms with van der Waals surface area (Å²) in [6, 6.07) is 7.63. The molecule has 1 aromatic carbocycles. The number of carbonyl (C=O) groups excluding carboxylic acids is 1. The first-order valence-corrected chi connectivity index (χ1v) is 7.46. The average molecular weight is 300 g/mol. The SMILES string of the molecule is COC(=O)c1ccc(C2CCCc3noc(N(C)C)c32)cc1. The van der Waals surface area contributed by atoms with Gasteiger partial charge in [0.15, 0.2) is 0 Å². The summed E-state index contributed by atoms with van der Waals surface area (Å²) in [6.07, 6.45) is 3.12. The highest BCUT2D eigenvalue weighted by molar-refractivity contribution is 5.89. The van der Waals surface area contributed by atoms with Crippen LogP contribution in [0.15, 0.2) is 28.8 Å². The molecule has 0 saturated carbocycles. The van der Waals surface area contributed by atoms with Gasteiger partial charge in [0.2, 0.25) is 5.88 Å². The van der Waals surface area contributed by atoms with Crippen LogP contribution in [0.1, 0.15) is 45.9 Å². The molecule has 1 atom stereocenters. The zero-order valence-electron chi connectivity index (χ0n) is 13.1. The average Bonchev–Trinajstić information content (AvgIpc) is 2.98. The smallest absolute Gasteiger partial charge is 0.337 e. The van der Waals surface area contributed by atoms with Crippen molar-refractivity contribution in [1.82, 2.24) is 5.16 Å². The third kappa shape index (κ3) is 2.47. The van der Waals surface area contributed by atoms with Crippen molar-refractivity contribution in [3.63, 3.8) is 0 Å². The van der Waals surface area contributed by atoms with Crippen molar-refractivity contribution in [2.24, 2.45) is 0 Å². The van der Waals surface area contributed by atoms with E-state index in [1.54, 1.807) is 0 Å². The van der Waals surface area contributed by atoms with Crippen LogP contribution in [0.4, 0.5) is 5.88 Å². The number of fused-ring (bicyclic) bond motifs is 1. The number of anilines is 1. The van der Waals surface area contributed by atoms with Crippen molar-refractivity contribution in [2.45, 2.75) is 25.2 Å². The molecule has 0 amide bonds. The largest absolute Gasteiger partial charge is 0.465 e. The fraction of sp³-hybridized carbons (Fsp3) is 0.412. The Morgan fingerprint density at radius 2 is 2.05 bits per heavy atom. The zero-order chi connectivity index (χ0) is 15.7. The van der Waals surface area contributed by atoms with Gasteiger partial charge >= 0.3 is 5.97 Å². The van der Waals surface area contributed by atoms with Crippen LogP contribution in [0.3, 0.4) is 0 Å². The van der Waals surface area contributed by atoms with Gasteiger partial charge < -0.3 is 14.2 Å². The maximum absolute atomic E-state index is 11.5. The second-order valence-corrected chi connectivity index (χ2v) is 5.80. The van der Waals surface area contributed by atoms with E-state index in [4.69, 9.17) is 9.26 Å². The Morgan fingerprint density at radius 1 is 1.32 bits per heavy atom. The number of hydrogen-bond acceptors (Lipinski definition) is 5. The summed E-state index contributed by atoms with van der Waals surface area (Å²) in [5.74, 6) is 0.783. The minimum Gasteiger partial charge on any atom is -0.465 e. The fourth-order valence-corrected chi connectivity index (χ4v) is 3.09. The lowest BCUT2D eigenvalue weighted by atomic mass is 9.81. The van der Waals surface area contributed by atoms with Gasteiger partial charge in [0, 0.05) is 25.6 Å². The van der Waals surface area contributed by atoms with Crippen LogP contribution in [0.5, 0.6) is 0 Å². The summed E-state index contributed by atoms with van der Waals surface area (Å²) in [5.41, 5.74) is 3.99.